The van der Waals surface area contributed by atoms with Gasteiger partial charge in [-0.05, 0) is 32.6 Å². The van der Waals surface area contributed by atoms with Crippen LogP contribution in [0.15, 0.2) is 4.63 Å². The first-order valence-corrected chi connectivity index (χ1v) is 6.79. The van der Waals surface area contributed by atoms with Crippen LogP contribution in [0.3, 0.4) is 0 Å². The van der Waals surface area contributed by atoms with Gasteiger partial charge in [0.15, 0.2) is 0 Å². The summed E-state index contributed by atoms with van der Waals surface area (Å²) >= 11 is 0. The molecule has 1 aliphatic carbocycles. The van der Waals surface area contributed by atoms with Crippen molar-refractivity contribution in [2.45, 2.75) is 65.0 Å². The largest absolute Gasteiger partial charge is 0.308 e. The molecule has 1 atom stereocenters. The summed E-state index contributed by atoms with van der Waals surface area (Å²) in [5.74, 6) is 0.817. The van der Waals surface area contributed by atoms with Gasteiger partial charge < -0.3 is 5.32 Å². The predicted molar refractivity (Wildman–Crippen MR) is 66.5 cm³/mol. The second-order valence-corrected chi connectivity index (χ2v) is 5.22. The second-order valence-electron chi connectivity index (χ2n) is 5.22. The number of aryl methyl sites for hydroxylation is 1. The minimum Gasteiger partial charge on any atom is -0.308 e. The molecule has 1 N–H and O–H groups in total. The van der Waals surface area contributed by atoms with E-state index in [1.54, 1.807) is 0 Å². The van der Waals surface area contributed by atoms with Crippen molar-refractivity contribution in [1.29, 1.82) is 0 Å². The standard InChI is InChI=1S/C13H23N3O/c1-10(12-7-5-3-4-6-8-12)14-9-13-11(2)15-17-16-13/h10,12,14H,3-9H2,1-2H3/t10-/m1/s1. The first-order chi connectivity index (χ1) is 8.27. The highest BCUT2D eigenvalue weighted by molar-refractivity contribution is 5.04. The minimum absolute atomic E-state index is 0.559. The highest BCUT2D eigenvalue weighted by atomic mass is 16.6. The van der Waals surface area contributed by atoms with Crippen molar-refractivity contribution in [3.8, 4) is 0 Å². The average Bonchev–Trinajstić information content (AvgIpc) is 2.58. The molecule has 1 heterocycles. The molecule has 0 amide bonds. The molecule has 0 saturated heterocycles. The lowest BCUT2D eigenvalue weighted by Crippen LogP contribution is -2.33. The van der Waals surface area contributed by atoms with Crippen LogP contribution in [-0.2, 0) is 6.54 Å². The summed E-state index contributed by atoms with van der Waals surface area (Å²) in [5, 5.41) is 11.3. The number of rotatable bonds is 4. The van der Waals surface area contributed by atoms with Crippen LogP contribution in [-0.4, -0.2) is 16.4 Å². The van der Waals surface area contributed by atoms with Crippen molar-refractivity contribution in [1.82, 2.24) is 15.6 Å². The summed E-state index contributed by atoms with van der Waals surface area (Å²) in [6, 6.07) is 0.559. The van der Waals surface area contributed by atoms with Crippen LogP contribution in [0.4, 0.5) is 0 Å². The summed E-state index contributed by atoms with van der Waals surface area (Å²) in [5.41, 5.74) is 1.83. The Bertz CT molecular complexity index is 329. The number of hydrogen-bond donors (Lipinski definition) is 1. The maximum atomic E-state index is 4.70. The molecular formula is C13H23N3O. The van der Waals surface area contributed by atoms with E-state index in [-0.39, 0.29) is 0 Å². The number of nitrogens with zero attached hydrogens (tertiary/aromatic N) is 2. The molecule has 2 rings (SSSR count). The fraction of sp³-hybridized carbons (Fsp3) is 0.846. The van der Waals surface area contributed by atoms with Gasteiger partial charge in [-0.2, -0.15) is 0 Å². The molecular weight excluding hydrogens is 214 g/mol. The van der Waals surface area contributed by atoms with Gasteiger partial charge >= 0.3 is 0 Å². The highest BCUT2D eigenvalue weighted by Gasteiger charge is 2.19. The summed E-state index contributed by atoms with van der Waals surface area (Å²) in [4.78, 5) is 0. The molecule has 4 heteroatoms. The monoisotopic (exact) mass is 237 g/mol. The van der Waals surface area contributed by atoms with Crippen LogP contribution >= 0.6 is 0 Å². The molecule has 1 fully saturated rings. The molecule has 17 heavy (non-hydrogen) atoms. The molecule has 0 unspecified atom stereocenters. The van der Waals surface area contributed by atoms with E-state index in [9.17, 15) is 0 Å². The third kappa shape index (κ3) is 3.53. The quantitative estimate of drug-likeness (QED) is 0.818. The van der Waals surface area contributed by atoms with E-state index in [1.165, 1.54) is 38.5 Å². The van der Waals surface area contributed by atoms with Crippen molar-refractivity contribution in [2.75, 3.05) is 0 Å². The SMILES string of the molecule is Cc1nonc1CN[C@H](C)C1CCCCCC1. The fourth-order valence-corrected chi connectivity index (χ4v) is 2.65. The first kappa shape index (κ1) is 12.6. The molecule has 1 aliphatic rings. The normalized spacial score (nSPS) is 20.1. The van der Waals surface area contributed by atoms with Crippen molar-refractivity contribution in [2.24, 2.45) is 5.92 Å². The Labute approximate surface area is 103 Å². The van der Waals surface area contributed by atoms with Gasteiger partial charge in [0.05, 0.1) is 0 Å². The van der Waals surface area contributed by atoms with Crippen molar-refractivity contribution in [3.63, 3.8) is 0 Å². The molecule has 0 spiro atoms. The van der Waals surface area contributed by atoms with Crippen LogP contribution in [0.1, 0.15) is 56.8 Å². The molecule has 0 radical (unpaired) electrons. The summed E-state index contributed by atoms with van der Waals surface area (Å²) in [6.45, 7) is 5.00. The summed E-state index contributed by atoms with van der Waals surface area (Å²) in [6.07, 6.45) is 8.34. The van der Waals surface area contributed by atoms with Crippen molar-refractivity contribution in [3.05, 3.63) is 11.4 Å². The first-order valence-electron chi connectivity index (χ1n) is 6.79. The lowest BCUT2D eigenvalue weighted by atomic mass is 9.93. The Hall–Kier alpha value is -0.900. The third-order valence-electron chi connectivity index (χ3n) is 3.94. The average molecular weight is 237 g/mol. The smallest absolute Gasteiger partial charge is 0.121 e. The van der Waals surface area contributed by atoms with Gasteiger partial charge in [0.2, 0.25) is 0 Å². The lowest BCUT2D eigenvalue weighted by Gasteiger charge is -2.23. The van der Waals surface area contributed by atoms with Crippen LogP contribution < -0.4 is 5.32 Å². The van der Waals surface area contributed by atoms with Gasteiger partial charge in [0.1, 0.15) is 11.4 Å². The van der Waals surface area contributed by atoms with Gasteiger partial charge in [-0.25, -0.2) is 4.63 Å². The van der Waals surface area contributed by atoms with E-state index in [0.717, 1.165) is 23.9 Å². The minimum atomic E-state index is 0.559. The van der Waals surface area contributed by atoms with Gasteiger partial charge in [-0.1, -0.05) is 36.0 Å². The molecule has 0 aromatic carbocycles. The van der Waals surface area contributed by atoms with Crippen LogP contribution in [0, 0.1) is 12.8 Å². The molecule has 0 bridgehead atoms. The Morgan fingerprint density at radius 3 is 2.53 bits per heavy atom. The van der Waals surface area contributed by atoms with E-state index in [4.69, 9.17) is 4.63 Å². The van der Waals surface area contributed by atoms with E-state index < -0.39 is 0 Å². The van der Waals surface area contributed by atoms with E-state index in [1.807, 2.05) is 6.92 Å². The topological polar surface area (TPSA) is 51.0 Å². The number of hydrogen-bond acceptors (Lipinski definition) is 4. The van der Waals surface area contributed by atoms with Crippen LogP contribution in [0.5, 0.6) is 0 Å². The lowest BCUT2D eigenvalue weighted by molar-refractivity contribution is 0.296. The van der Waals surface area contributed by atoms with Crippen LogP contribution in [0.25, 0.3) is 0 Å². The van der Waals surface area contributed by atoms with Gasteiger partial charge in [-0.3, -0.25) is 0 Å². The van der Waals surface area contributed by atoms with E-state index in [0.29, 0.717) is 6.04 Å². The Morgan fingerprint density at radius 2 is 1.94 bits per heavy atom. The van der Waals surface area contributed by atoms with Crippen molar-refractivity contribution < 1.29 is 4.63 Å². The third-order valence-corrected chi connectivity index (χ3v) is 3.94. The van der Waals surface area contributed by atoms with Crippen molar-refractivity contribution >= 4 is 0 Å². The second kappa shape index (κ2) is 6.15. The van der Waals surface area contributed by atoms with Gasteiger partial charge in [-0.15, -0.1) is 0 Å². The fourth-order valence-electron chi connectivity index (χ4n) is 2.65. The Balaban J connectivity index is 1.80. The number of aromatic nitrogens is 2. The maximum absolute atomic E-state index is 4.70. The summed E-state index contributed by atoms with van der Waals surface area (Å²) in [7, 11) is 0. The zero-order valence-corrected chi connectivity index (χ0v) is 10.9. The zero-order valence-electron chi connectivity index (χ0n) is 10.9. The molecule has 0 aliphatic heterocycles. The van der Waals surface area contributed by atoms with E-state index >= 15 is 0 Å². The van der Waals surface area contributed by atoms with Gasteiger partial charge in [0, 0.05) is 12.6 Å². The molecule has 1 aromatic heterocycles. The maximum Gasteiger partial charge on any atom is 0.121 e. The highest BCUT2D eigenvalue weighted by Crippen LogP contribution is 2.25. The molecule has 96 valence electrons. The zero-order chi connectivity index (χ0) is 12.1. The number of nitrogens with one attached hydrogen (secondary N) is 1. The van der Waals surface area contributed by atoms with Gasteiger partial charge in [0.25, 0.3) is 0 Å². The Kier molecular flexibility index (Phi) is 4.54. The molecule has 1 saturated carbocycles. The summed E-state index contributed by atoms with van der Waals surface area (Å²) < 4.78 is 4.70. The van der Waals surface area contributed by atoms with Crippen LogP contribution in [0.2, 0.25) is 0 Å². The molecule has 4 nitrogen and oxygen atoms in total. The molecule has 1 aromatic rings. The van der Waals surface area contributed by atoms with E-state index in [2.05, 4.69) is 22.6 Å². The Morgan fingerprint density at radius 1 is 1.24 bits per heavy atom. The predicted octanol–water partition coefficient (Wildman–Crippen LogP) is 2.83.